The largest absolute Gasteiger partial charge is 0.367 e. The van der Waals surface area contributed by atoms with Gasteiger partial charge in [0, 0.05) is 45.2 Å². The summed E-state index contributed by atoms with van der Waals surface area (Å²) in [5.74, 6) is 2.69. The molecule has 2 aliphatic rings. The van der Waals surface area contributed by atoms with Gasteiger partial charge in [-0.15, -0.1) is 0 Å². The minimum absolute atomic E-state index is 0.226. The molecule has 1 N–H and O–H groups in total. The van der Waals surface area contributed by atoms with Crippen LogP contribution in [-0.2, 0) is 11.3 Å². The Hall–Kier alpha value is -2.63. The van der Waals surface area contributed by atoms with Gasteiger partial charge in [0.25, 0.3) is 0 Å². The fourth-order valence-corrected chi connectivity index (χ4v) is 4.01. The molecule has 1 aromatic carbocycles. The predicted molar refractivity (Wildman–Crippen MR) is 116 cm³/mol. The van der Waals surface area contributed by atoms with E-state index in [1.807, 2.05) is 30.1 Å². The Morgan fingerprint density at radius 1 is 1.21 bits per heavy atom. The molecular formula is C23H31N5O. The van der Waals surface area contributed by atoms with Crippen LogP contribution in [0.3, 0.4) is 0 Å². The zero-order valence-electron chi connectivity index (χ0n) is 17.3. The number of nitrogens with zero attached hydrogens (tertiary/aromatic N) is 4. The van der Waals surface area contributed by atoms with E-state index in [1.54, 1.807) is 6.33 Å². The Balaban J connectivity index is 1.27. The fourth-order valence-electron chi connectivity index (χ4n) is 4.01. The lowest BCUT2D eigenvalue weighted by Gasteiger charge is -2.34. The first-order valence-electron chi connectivity index (χ1n) is 10.8. The monoisotopic (exact) mass is 393 g/mol. The van der Waals surface area contributed by atoms with Gasteiger partial charge in [0.1, 0.15) is 18.0 Å². The molecule has 1 aromatic heterocycles. The molecule has 2 fully saturated rings. The number of nitrogens with one attached hydrogen (secondary N) is 1. The van der Waals surface area contributed by atoms with Gasteiger partial charge in [-0.25, -0.2) is 9.97 Å². The number of carbonyl (C=O) groups excluding carboxylic acids is 1. The lowest BCUT2D eigenvalue weighted by atomic mass is 9.93. The highest BCUT2D eigenvalue weighted by atomic mass is 16.2. The molecule has 0 bridgehead atoms. The molecule has 0 radical (unpaired) electrons. The van der Waals surface area contributed by atoms with Gasteiger partial charge in [-0.2, -0.15) is 0 Å². The second-order valence-corrected chi connectivity index (χ2v) is 8.41. The van der Waals surface area contributed by atoms with Crippen molar-refractivity contribution in [3.05, 3.63) is 48.3 Å². The second kappa shape index (κ2) is 9.25. The first kappa shape index (κ1) is 19.7. The molecule has 6 heteroatoms. The van der Waals surface area contributed by atoms with E-state index < -0.39 is 0 Å². The number of carbonyl (C=O) groups is 1. The Morgan fingerprint density at radius 3 is 2.83 bits per heavy atom. The Labute approximate surface area is 173 Å². The molecule has 4 rings (SSSR count). The van der Waals surface area contributed by atoms with E-state index in [9.17, 15) is 4.79 Å². The van der Waals surface area contributed by atoms with E-state index in [1.165, 1.54) is 24.8 Å². The van der Waals surface area contributed by atoms with E-state index in [0.29, 0.717) is 24.9 Å². The second-order valence-electron chi connectivity index (χ2n) is 8.41. The minimum atomic E-state index is 0.226. The molecule has 1 aliphatic carbocycles. The van der Waals surface area contributed by atoms with Gasteiger partial charge in [-0.1, -0.05) is 30.3 Å². The van der Waals surface area contributed by atoms with Crippen LogP contribution in [0.25, 0.3) is 0 Å². The number of piperidine rings is 1. The number of aromatic nitrogens is 2. The van der Waals surface area contributed by atoms with Crippen LogP contribution in [-0.4, -0.2) is 47.0 Å². The van der Waals surface area contributed by atoms with Crippen molar-refractivity contribution < 1.29 is 4.79 Å². The standard InChI is InChI=1S/C23H31N5O/c1-27(15-18-6-3-2-4-7-18)23(29)12-9-19-8-5-13-28(16-19)22-14-21(24-17-25-22)26-20-10-11-20/h2-4,6-7,14,17,19-20H,5,8-13,15-16H2,1H3,(H,24,25,26)/t19-/m1/s1. The Morgan fingerprint density at radius 2 is 2.03 bits per heavy atom. The molecular weight excluding hydrogens is 362 g/mol. The van der Waals surface area contributed by atoms with E-state index in [-0.39, 0.29) is 5.91 Å². The van der Waals surface area contributed by atoms with E-state index in [4.69, 9.17) is 0 Å². The molecule has 1 saturated heterocycles. The van der Waals surface area contributed by atoms with Crippen LogP contribution in [0.15, 0.2) is 42.7 Å². The van der Waals surface area contributed by atoms with Gasteiger partial charge in [0.2, 0.25) is 5.91 Å². The summed E-state index contributed by atoms with van der Waals surface area (Å²) >= 11 is 0. The van der Waals surface area contributed by atoms with Crippen LogP contribution in [0.2, 0.25) is 0 Å². The number of benzene rings is 1. The quantitative estimate of drug-likeness (QED) is 0.741. The summed E-state index contributed by atoms with van der Waals surface area (Å²) in [4.78, 5) is 25.6. The zero-order chi connectivity index (χ0) is 20.1. The summed E-state index contributed by atoms with van der Waals surface area (Å²) in [7, 11) is 1.90. The van der Waals surface area contributed by atoms with Crippen LogP contribution >= 0.6 is 0 Å². The first-order chi connectivity index (χ1) is 14.2. The number of hydrogen-bond donors (Lipinski definition) is 1. The minimum Gasteiger partial charge on any atom is -0.367 e. The molecule has 29 heavy (non-hydrogen) atoms. The van der Waals surface area contributed by atoms with Crippen molar-refractivity contribution in [2.24, 2.45) is 5.92 Å². The summed E-state index contributed by atoms with van der Waals surface area (Å²) in [6.45, 7) is 2.67. The number of amides is 1. The van der Waals surface area contributed by atoms with Gasteiger partial charge >= 0.3 is 0 Å². The first-order valence-corrected chi connectivity index (χ1v) is 10.8. The molecule has 154 valence electrons. The maximum absolute atomic E-state index is 12.6. The van der Waals surface area contributed by atoms with Gasteiger partial charge in [0.05, 0.1) is 0 Å². The summed E-state index contributed by atoms with van der Waals surface area (Å²) in [5, 5.41) is 3.45. The molecule has 1 saturated carbocycles. The topological polar surface area (TPSA) is 61.4 Å². The molecule has 6 nitrogen and oxygen atoms in total. The van der Waals surface area contributed by atoms with Crippen molar-refractivity contribution >= 4 is 17.5 Å². The third-order valence-corrected chi connectivity index (χ3v) is 5.88. The Bertz CT molecular complexity index is 808. The third-order valence-electron chi connectivity index (χ3n) is 5.88. The van der Waals surface area contributed by atoms with Crippen molar-refractivity contribution in [2.75, 3.05) is 30.4 Å². The smallest absolute Gasteiger partial charge is 0.222 e. The summed E-state index contributed by atoms with van der Waals surface area (Å²) in [6, 6.07) is 12.8. The van der Waals surface area contributed by atoms with Crippen LogP contribution in [0, 0.1) is 5.92 Å². The highest BCUT2D eigenvalue weighted by Crippen LogP contribution is 2.28. The average Bonchev–Trinajstić information content (AvgIpc) is 3.57. The van der Waals surface area contributed by atoms with Crippen LogP contribution in [0.4, 0.5) is 11.6 Å². The van der Waals surface area contributed by atoms with E-state index in [2.05, 4.69) is 38.4 Å². The van der Waals surface area contributed by atoms with E-state index >= 15 is 0 Å². The summed E-state index contributed by atoms with van der Waals surface area (Å²) in [6.07, 6.45) is 8.01. The van der Waals surface area contributed by atoms with Crippen molar-refractivity contribution in [1.82, 2.24) is 14.9 Å². The maximum Gasteiger partial charge on any atom is 0.222 e. The van der Waals surface area contributed by atoms with Crippen molar-refractivity contribution in [2.45, 2.75) is 51.1 Å². The highest BCUT2D eigenvalue weighted by Gasteiger charge is 2.24. The van der Waals surface area contributed by atoms with Crippen molar-refractivity contribution in [1.29, 1.82) is 0 Å². The van der Waals surface area contributed by atoms with Crippen LogP contribution in [0.5, 0.6) is 0 Å². The number of rotatable bonds is 8. The lowest BCUT2D eigenvalue weighted by Crippen LogP contribution is -2.36. The van der Waals surface area contributed by atoms with Crippen LogP contribution < -0.4 is 10.2 Å². The van der Waals surface area contributed by atoms with Crippen LogP contribution in [0.1, 0.15) is 44.1 Å². The molecule has 1 amide bonds. The average molecular weight is 394 g/mol. The van der Waals surface area contributed by atoms with Gasteiger partial charge in [-0.05, 0) is 43.6 Å². The maximum atomic E-state index is 12.6. The van der Waals surface area contributed by atoms with Crippen molar-refractivity contribution in [3.8, 4) is 0 Å². The fraction of sp³-hybridized carbons (Fsp3) is 0.522. The normalized spacial score (nSPS) is 19.1. The molecule has 0 unspecified atom stereocenters. The predicted octanol–water partition coefficient (Wildman–Crippen LogP) is 3.71. The SMILES string of the molecule is CN(Cc1ccccc1)C(=O)CC[C@H]1CCCN(c2cc(NC3CC3)ncn2)C1. The van der Waals surface area contributed by atoms with Gasteiger partial charge < -0.3 is 15.1 Å². The lowest BCUT2D eigenvalue weighted by molar-refractivity contribution is -0.130. The number of anilines is 2. The zero-order valence-corrected chi connectivity index (χ0v) is 17.3. The van der Waals surface area contributed by atoms with Crippen molar-refractivity contribution in [3.63, 3.8) is 0 Å². The van der Waals surface area contributed by atoms with Gasteiger partial charge in [-0.3, -0.25) is 4.79 Å². The number of hydrogen-bond acceptors (Lipinski definition) is 5. The third kappa shape index (κ3) is 5.68. The molecule has 1 atom stereocenters. The molecule has 2 heterocycles. The summed E-state index contributed by atoms with van der Waals surface area (Å²) in [5.41, 5.74) is 1.17. The molecule has 2 aromatic rings. The molecule has 1 aliphatic heterocycles. The van der Waals surface area contributed by atoms with Gasteiger partial charge in [0.15, 0.2) is 0 Å². The highest BCUT2D eigenvalue weighted by molar-refractivity contribution is 5.75. The molecule has 0 spiro atoms. The summed E-state index contributed by atoms with van der Waals surface area (Å²) < 4.78 is 0. The van der Waals surface area contributed by atoms with E-state index in [0.717, 1.165) is 37.6 Å². The Kier molecular flexibility index (Phi) is 6.27.